The van der Waals surface area contributed by atoms with Gasteiger partial charge < -0.3 is 15.4 Å². The Morgan fingerprint density at radius 3 is 3.06 bits per heavy atom. The summed E-state index contributed by atoms with van der Waals surface area (Å²) >= 11 is 5.95. The number of carbonyl (C=O) groups is 1. The van der Waals surface area contributed by atoms with Gasteiger partial charge in [-0.25, -0.2) is 9.97 Å². The van der Waals surface area contributed by atoms with Crippen LogP contribution in [0.2, 0.25) is 5.15 Å². The van der Waals surface area contributed by atoms with Crippen molar-refractivity contribution >= 4 is 23.3 Å². The maximum Gasteiger partial charge on any atom is 0.222 e. The molecule has 7 heteroatoms. The van der Waals surface area contributed by atoms with E-state index in [2.05, 4.69) is 9.97 Å². The van der Waals surface area contributed by atoms with Crippen LogP contribution in [-0.2, 0) is 4.79 Å². The molecule has 1 aliphatic rings. The Morgan fingerprint density at radius 2 is 2.39 bits per heavy atom. The highest BCUT2D eigenvalue weighted by Gasteiger charge is 2.27. The van der Waals surface area contributed by atoms with Gasteiger partial charge in [0.15, 0.2) is 16.7 Å². The predicted molar refractivity (Wildman–Crippen MR) is 67.7 cm³/mol. The van der Waals surface area contributed by atoms with Crippen LogP contribution in [0, 0.1) is 5.92 Å². The molecule has 98 valence electrons. The summed E-state index contributed by atoms with van der Waals surface area (Å²) in [4.78, 5) is 21.3. The smallest absolute Gasteiger partial charge is 0.222 e. The first kappa shape index (κ1) is 12.9. The zero-order chi connectivity index (χ0) is 13.1. The molecule has 0 radical (unpaired) electrons. The lowest BCUT2D eigenvalue weighted by Crippen LogP contribution is -2.41. The second kappa shape index (κ2) is 5.39. The van der Waals surface area contributed by atoms with Gasteiger partial charge in [-0.05, 0) is 12.8 Å². The third-order valence-electron chi connectivity index (χ3n) is 3.07. The highest BCUT2D eigenvalue weighted by atomic mass is 35.5. The van der Waals surface area contributed by atoms with Crippen molar-refractivity contribution < 1.29 is 9.53 Å². The van der Waals surface area contributed by atoms with Gasteiger partial charge in [0.1, 0.15) is 6.33 Å². The van der Waals surface area contributed by atoms with Gasteiger partial charge in [0.05, 0.1) is 13.0 Å². The highest BCUT2D eigenvalue weighted by Crippen LogP contribution is 2.33. The van der Waals surface area contributed by atoms with Crippen molar-refractivity contribution in [1.82, 2.24) is 9.97 Å². The summed E-state index contributed by atoms with van der Waals surface area (Å²) in [6, 6.07) is 0. The average Bonchev–Trinajstić information content (AvgIpc) is 2.38. The highest BCUT2D eigenvalue weighted by molar-refractivity contribution is 6.31. The molecule has 1 amide bonds. The number of aromatic nitrogens is 2. The molecule has 1 aromatic heterocycles. The van der Waals surface area contributed by atoms with Crippen LogP contribution in [0.25, 0.3) is 0 Å². The largest absolute Gasteiger partial charge is 0.490 e. The molecule has 1 aliphatic heterocycles. The number of hydrogen-bond donors (Lipinski definition) is 1. The van der Waals surface area contributed by atoms with Crippen LogP contribution in [0.15, 0.2) is 6.33 Å². The number of primary amides is 1. The summed E-state index contributed by atoms with van der Waals surface area (Å²) < 4.78 is 5.21. The number of piperidine rings is 1. The molecule has 1 atom stereocenters. The summed E-state index contributed by atoms with van der Waals surface area (Å²) in [6.07, 6.45) is 3.08. The second-order valence-electron chi connectivity index (χ2n) is 4.21. The van der Waals surface area contributed by atoms with Crippen LogP contribution in [0.3, 0.4) is 0 Å². The first-order valence-corrected chi connectivity index (χ1v) is 6.10. The molecule has 2 rings (SSSR count). The molecule has 18 heavy (non-hydrogen) atoms. The first-order valence-electron chi connectivity index (χ1n) is 5.72. The minimum absolute atomic E-state index is 0.155. The number of rotatable bonds is 3. The van der Waals surface area contributed by atoms with Crippen molar-refractivity contribution in [3.05, 3.63) is 11.5 Å². The van der Waals surface area contributed by atoms with Crippen LogP contribution in [0.4, 0.5) is 5.82 Å². The lowest BCUT2D eigenvalue weighted by molar-refractivity contribution is -0.122. The Morgan fingerprint density at radius 1 is 1.61 bits per heavy atom. The van der Waals surface area contributed by atoms with E-state index in [9.17, 15) is 4.79 Å². The number of carbonyl (C=O) groups excluding carboxylic acids is 1. The van der Waals surface area contributed by atoms with Crippen molar-refractivity contribution in [3.8, 4) is 5.75 Å². The number of ether oxygens (including phenoxy) is 1. The third-order valence-corrected chi connectivity index (χ3v) is 3.34. The fourth-order valence-electron chi connectivity index (χ4n) is 2.15. The number of methoxy groups -OCH3 is 1. The van der Waals surface area contributed by atoms with E-state index in [4.69, 9.17) is 22.1 Å². The Labute approximate surface area is 110 Å². The Bertz CT molecular complexity index is 455. The van der Waals surface area contributed by atoms with Gasteiger partial charge in [0.25, 0.3) is 0 Å². The molecule has 0 saturated carbocycles. The fraction of sp³-hybridized carbons (Fsp3) is 0.545. The first-order chi connectivity index (χ1) is 8.63. The Hall–Kier alpha value is -1.56. The van der Waals surface area contributed by atoms with E-state index in [0.29, 0.717) is 18.1 Å². The summed E-state index contributed by atoms with van der Waals surface area (Å²) in [6.45, 7) is 1.34. The van der Waals surface area contributed by atoms with Crippen molar-refractivity contribution in [2.75, 3.05) is 25.1 Å². The molecule has 1 aromatic rings. The van der Waals surface area contributed by atoms with Crippen molar-refractivity contribution in [2.24, 2.45) is 11.7 Å². The van der Waals surface area contributed by atoms with E-state index in [-0.39, 0.29) is 17.0 Å². The molecule has 6 nitrogen and oxygen atoms in total. The van der Waals surface area contributed by atoms with Crippen LogP contribution in [0.1, 0.15) is 12.8 Å². The van der Waals surface area contributed by atoms with Crippen molar-refractivity contribution in [1.29, 1.82) is 0 Å². The second-order valence-corrected chi connectivity index (χ2v) is 4.57. The van der Waals surface area contributed by atoms with E-state index in [0.717, 1.165) is 19.4 Å². The van der Waals surface area contributed by atoms with Gasteiger partial charge >= 0.3 is 0 Å². The quantitative estimate of drug-likeness (QED) is 0.823. The molecule has 2 N–H and O–H groups in total. The molecule has 1 unspecified atom stereocenters. The normalized spacial score (nSPS) is 19.7. The molecule has 0 spiro atoms. The van der Waals surface area contributed by atoms with E-state index in [1.165, 1.54) is 13.4 Å². The molecule has 2 heterocycles. The molecular formula is C11H15ClN4O2. The topological polar surface area (TPSA) is 81.3 Å². The molecule has 0 bridgehead atoms. The van der Waals surface area contributed by atoms with Crippen LogP contribution < -0.4 is 15.4 Å². The molecule has 1 fully saturated rings. The van der Waals surface area contributed by atoms with Gasteiger partial charge in [-0.3, -0.25) is 4.79 Å². The summed E-state index contributed by atoms with van der Waals surface area (Å²) in [7, 11) is 1.52. The number of nitrogens with two attached hydrogens (primary N) is 1. The monoisotopic (exact) mass is 270 g/mol. The number of halogens is 1. The van der Waals surface area contributed by atoms with Crippen LogP contribution >= 0.6 is 11.6 Å². The lowest BCUT2D eigenvalue weighted by Gasteiger charge is -2.32. The van der Waals surface area contributed by atoms with Gasteiger partial charge in [-0.1, -0.05) is 11.6 Å². The van der Waals surface area contributed by atoms with E-state index < -0.39 is 0 Å². The number of nitrogens with zero attached hydrogens (tertiary/aromatic N) is 3. The standard InChI is InChI=1S/C11H15ClN4O2/c1-18-8-9(12)14-6-15-11(8)16-4-2-3-7(5-16)10(13)17/h6-7H,2-5H2,1H3,(H2,13,17). The Balaban J connectivity index is 2.26. The van der Waals surface area contributed by atoms with Crippen LogP contribution in [-0.4, -0.2) is 36.1 Å². The third kappa shape index (κ3) is 2.48. The van der Waals surface area contributed by atoms with E-state index in [1.54, 1.807) is 0 Å². The van der Waals surface area contributed by atoms with Gasteiger partial charge in [0, 0.05) is 13.1 Å². The summed E-state index contributed by atoms with van der Waals surface area (Å²) in [5, 5.41) is 0.267. The minimum Gasteiger partial charge on any atom is -0.490 e. The van der Waals surface area contributed by atoms with Gasteiger partial charge in [0.2, 0.25) is 5.91 Å². The maximum absolute atomic E-state index is 11.3. The van der Waals surface area contributed by atoms with E-state index in [1.807, 2.05) is 4.90 Å². The zero-order valence-corrected chi connectivity index (χ0v) is 10.9. The maximum atomic E-state index is 11.3. The number of hydrogen-bond acceptors (Lipinski definition) is 5. The SMILES string of the molecule is COc1c(Cl)ncnc1N1CCCC(C(N)=O)C1. The number of amides is 1. The molecule has 0 aromatic carbocycles. The zero-order valence-electron chi connectivity index (χ0n) is 10.1. The minimum atomic E-state index is -0.279. The average molecular weight is 271 g/mol. The molecule has 1 saturated heterocycles. The van der Waals surface area contributed by atoms with Crippen LogP contribution in [0.5, 0.6) is 5.75 Å². The fourth-order valence-corrected chi connectivity index (χ4v) is 2.35. The number of anilines is 1. The van der Waals surface area contributed by atoms with Crippen molar-refractivity contribution in [3.63, 3.8) is 0 Å². The summed E-state index contributed by atoms with van der Waals surface area (Å²) in [5.41, 5.74) is 5.35. The molecule has 0 aliphatic carbocycles. The van der Waals surface area contributed by atoms with Gasteiger partial charge in [-0.2, -0.15) is 0 Å². The van der Waals surface area contributed by atoms with E-state index >= 15 is 0 Å². The summed E-state index contributed by atoms with van der Waals surface area (Å²) in [5.74, 6) is 0.615. The van der Waals surface area contributed by atoms with Gasteiger partial charge in [-0.15, -0.1) is 0 Å². The lowest BCUT2D eigenvalue weighted by atomic mass is 9.97. The Kier molecular flexibility index (Phi) is 3.86. The molecular weight excluding hydrogens is 256 g/mol. The van der Waals surface area contributed by atoms with Crippen molar-refractivity contribution in [2.45, 2.75) is 12.8 Å². The predicted octanol–water partition coefficient (Wildman–Crippen LogP) is 0.840.